The third kappa shape index (κ3) is 2.29. The lowest BCUT2D eigenvalue weighted by molar-refractivity contribution is 0.103. The van der Waals surface area contributed by atoms with Crippen molar-refractivity contribution in [3.8, 4) is 0 Å². The topological polar surface area (TPSA) is 24.1 Å². The predicted molar refractivity (Wildman–Crippen MR) is 60.4 cm³/mol. The van der Waals surface area contributed by atoms with E-state index in [9.17, 15) is 0 Å². The molecule has 2 atom stereocenters. The summed E-state index contributed by atoms with van der Waals surface area (Å²) in [6.45, 7) is 8.44. The zero-order valence-corrected chi connectivity index (χ0v) is 9.60. The third-order valence-electron chi connectivity index (χ3n) is 4.07. The lowest BCUT2D eigenvalue weighted by atomic mass is 9.67. The molecule has 0 bridgehead atoms. The quantitative estimate of drug-likeness (QED) is 0.719. The van der Waals surface area contributed by atoms with E-state index in [1.807, 2.05) is 0 Å². The fraction of sp³-hybridized carbons (Fsp3) is 1.00. The summed E-state index contributed by atoms with van der Waals surface area (Å²) in [5, 5.41) is 7.21. The molecule has 82 valence electrons. The molecule has 1 aliphatic heterocycles. The van der Waals surface area contributed by atoms with E-state index >= 15 is 0 Å². The first-order valence-electron chi connectivity index (χ1n) is 6.12. The summed E-state index contributed by atoms with van der Waals surface area (Å²) in [7, 11) is 0. The van der Waals surface area contributed by atoms with Gasteiger partial charge in [0.05, 0.1) is 0 Å². The lowest BCUT2D eigenvalue weighted by Crippen LogP contribution is -2.52. The fourth-order valence-electron chi connectivity index (χ4n) is 2.65. The Bertz CT molecular complexity index is 183. The second kappa shape index (κ2) is 4.19. The van der Waals surface area contributed by atoms with Crippen molar-refractivity contribution in [2.45, 2.75) is 45.6 Å². The Morgan fingerprint density at radius 1 is 1.36 bits per heavy atom. The summed E-state index contributed by atoms with van der Waals surface area (Å²) in [4.78, 5) is 0. The first kappa shape index (κ1) is 10.4. The van der Waals surface area contributed by atoms with Gasteiger partial charge in [-0.05, 0) is 56.7 Å². The van der Waals surface area contributed by atoms with Gasteiger partial charge >= 0.3 is 0 Å². The molecule has 1 aliphatic carbocycles. The van der Waals surface area contributed by atoms with E-state index in [4.69, 9.17) is 0 Å². The summed E-state index contributed by atoms with van der Waals surface area (Å²) in [6, 6.07) is 0.782. The minimum Gasteiger partial charge on any atom is -0.316 e. The molecule has 2 N–H and O–H groups in total. The van der Waals surface area contributed by atoms with E-state index in [2.05, 4.69) is 24.5 Å². The van der Waals surface area contributed by atoms with Gasteiger partial charge in [0, 0.05) is 6.04 Å². The lowest BCUT2D eigenvalue weighted by Gasteiger charge is -2.45. The molecule has 1 saturated carbocycles. The van der Waals surface area contributed by atoms with Crippen molar-refractivity contribution < 1.29 is 0 Å². The van der Waals surface area contributed by atoms with Crippen molar-refractivity contribution in [2.75, 3.05) is 19.6 Å². The standard InChI is InChI=1S/C12H24N2/c1-12(2)6-5-11(12)14-9-10-4-3-7-13-8-10/h10-11,13-14H,3-9H2,1-2H3. The first-order valence-corrected chi connectivity index (χ1v) is 6.12. The van der Waals surface area contributed by atoms with Crippen LogP contribution in [-0.2, 0) is 0 Å². The van der Waals surface area contributed by atoms with Gasteiger partial charge in [-0.2, -0.15) is 0 Å². The largest absolute Gasteiger partial charge is 0.316 e. The van der Waals surface area contributed by atoms with E-state index in [1.54, 1.807) is 0 Å². The van der Waals surface area contributed by atoms with E-state index < -0.39 is 0 Å². The molecule has 14 heavy (non-hydrogen) atoms. The van der Waals surface area contributed by atoms with E-state index in [-0.39, 0.29) is 0 Å². The zero-order chi connectivity index (χ0) is 10.0. The maximum atomic E-state index is 3.74. The van der Waals surface area contributed by atoms with Gasteiger partial charge in [-0.15, -0.1) is 0 Å². The number of hydrogen-bond acceptors (Lipinski definition) is 2. The number of rotatable bonds is 3. The van der Waals surface area contributed by atoms with Crippen molar-refractivity contribution in [1.29, 1.82) is 0 Å². The molecule has 2 aliphatic rings. The third-order valence-corrected chi connectivity index (χ3v) is 4.07. The van der Waals surface area contributed by atoms with Crippen LogP contribution in [-0.4, -0.2) is 25.7 Å². The van der Waals surface area contributed by atoms with Crippen molar-refractivity contribution in [2.24, 2.45) is 11.3 Å². The molecule has 2 heteroatoms. The van der Waals surface area contributed by atoms with Gasteiger partial charge in [0.1, 0.15) is 0 Å². The first-order chi connectivity index (χ1) is 6.68. The van der Waals surface area contributed by atoms with Crippen LogP contribution in [0, 0.1) is 11.3 Å². The van der Waals surface area contributed by atoms with Gasteiger partial charge in [0.25, 0.3) is 0 Å². The van der Waals surface area contributed by atoms with Gasteiger partial charge in [-0.1, -0.05) is 13.8 Å². The molecule has 0 spiro atoms. The predicted octanol–water partition coefficient (Wildman–Crippen LogP) is 1.76. The molecule has 0 aromatic heterocycles. The van der Waals surface area contributed by atoms with Crippen LogP contribution in [0.15, 0.2) is 0 Å². The number of nitrogens with one attached hydrogen (secondary N) is 2. The van der Waals surface area contributed by atoms with Gasteiger partial charge in [0.15, 0.2) is 0 Å². The molecule has 2 fully saturated rings. The van der Waals surface area contributed by atoms with Crippen LogP contribution >= 0.6 is 0 Å². The highest BCUT2D eigenvalue weighted by molar-refractivity contribution is 4.94. The van der Waals surface area contributed by atoms with Crippen molar-refractivity contribution >= 4 is 0 Å². The normalized spacial score (nSPS) is 36.4. The van der Waals surface area contributed by atoms with Crippen LogP contribution in [0.1, 0.15) is 39.5 Å². The SMILES string of the molecule is CC1(C)CCC1NCC1CCCNC1. The van der Waals surface area contributed by atoms with Crippen LogP contribution in [0.2, 0.25) is 0 Å². The van der Waals surface area contributed by atoms with E-state index in [1.165, 1.54) is 45.3 Å². The second-order valence-corrected chi connectivity index (χ2v) is 5.70. The summed E-state index contributed by atoms with van der Waals surface area (Å²) in [5.74, 6) is 0.875. The van der Waals surface area contributed by atoms with Crippen molar-refractivity contribution in [1.82, 2.24) is 10.6 Å². The molecule has 0 aromatic rings. The highest BCUT2D eigenvalue weighted by atomic mass is 15.0. The Kier molecular flexibility index (Phi) is 3.13. The highest BCUT2D eigenvalue weighted by Gasteiger charge is 2.38. The average Bonchev–Trinajstić information content (AvgIpc) is 2.18. The summed E-state index contributed by atoms with van der Waals surface area (Å²) < 4.78 is 0. The molecule has 0 radical (unpaired) electrons. The Morgan fingerprint density at radius 3 is 2.71 bits per heavy atom. The Labute approximate surface area is 87.8 Å². The van der Waals surface area contributed by atoms with Gasteiger partial charge in [-0.3, -0.25) is 0 Å². The van der Waals surface area contributed by atoms with Crippen LogP contribution in [0.4, 0.5) is 0 Å². The summed E-state index contributed by atoms with van der Waals surface area (Å²) in [6.07, 6.45) is 5.55. The number of hydrogen-bond donors (Lipinski definition) is 2. The maximum absolute atomic E-state index is 3.74. The monoisotopic (exact) mass is 196 g/mol. The molecule has 1 saturated heterocycles. The average molecular weight is 196 g/mol. The smallest absolute Gasteiger partial charge is 0.0119 e. The van der Waals surface area contributed by atoms with Gasteiger partial charge in [0.2, 0.25) is 0 Å². The van der Waals surface area contributed by atoms with Gasteiger partial charge in [-0.25, -0.2) is 0 Å². The minimum atomic E-state index is 0.558. The molecule has 0 aromatic carbocycles. The second-order valence-electron chi connectivity index (χ2n) is 5.70. The summed E-state index contributed by atoms with van der Waals surface area (Å²) >= 11 is 0. The maximum Gasteiger partial charge on any atom is 0.0119 e. The molecular weight excluding hydrogens is 172 g/mol. The van der Waals surface area contributed by atoms with Gasteiger partial charge < -0.3 is 10.6 Å². The van der Waals surface area contributed by atoms with E-state index in [0.29, 0.717) is 5.41 Å². The van der Waals surface area contributed by atoms with Crippen molar-refractivity contribution in [3.05, 3.63) is 0 Å². The van der Waals surface area contributed by atoms with Crippen LogP contribution in [0.3, 0.4) is 0 Å². The number of piperidine rings is 1. The summed E-state index contributed by atoms with van der Waals surface area (Å²) in [5.41, 5.74) is 0.558. The Balaban J connectivity index is 1.66. The fourth-order valence-corrected chi connectivity index (χ4v) is 2.65. The molecule has 0 amide bonds. The Hall–Kier alpha value is -0.0800. The molecule has 2 rings (SSSR count). The molecule has 1 heterocycles. The Morgan fingerprint density at radius 2 is 2.21 bits per heavy atom. The molecule has 2 unspecified atom stereocenters. The molecule has 2 nitrogen and oxygen atoms in total. The van der Waals surface area contributed by atoms with Crippen LogP contribution in [0.25, 0.3) is 0 Å². The van der Waals surface area contributed by atoms with Crippen LogP contribution < -0.4 is 10.6 Å². The van der Waals surface area contributed by atoms with Crippen molar-refractivity contribution in [3.63, 3.8) is 0 Å². The van der Waals surface area contributed by atoms with Crippen LogP contribution in [0.5, 0.6) is 0 Å². The zero-order valence-electron chi connectivity index (χ0n) is 9.60. The van der Waals surface area contributed by atoms with E-state index in [0.717, 1.165) is 12.0 Å². The molecular formula is C12H24N2. The highest BCUT2D eigenvalue weighted by Crippen LogP contribution is 2.39. The minimum absolute atomic E-state index is 0.558.